The normalized spacial score (nSPS) is 14.0. The second-order valence-electron chi connectivity index (χ2n) is 4.89. The molecule has 9 nitrogen and oxygen atoms in total. The molecule has 132 valence electrons. The molecule has 2 N–H and O–H groups in total. The van der Waals surface area contributed by atoms with Gasteiger partial charge in [0.15, 0.2) is 0 Å². The average molecular weight is 366 g/mol. The van der Waals surface area contributed by atoms with Crippen LogP contribution >= 0.6 is 7.82 Å². The van der Waals surface area contributed by atoms with Crippen molar-refractivity contribution >= 4 is 19.5 Å². The number of nitro groups is 1. The van der Waals surface area contributed by atoms with Gasteiger partial charge in [-0.1, -0.05) is 18.2 Å². The van der Waals surface area contributed by atoms with Gasteiger partial charge in [-0.2, -0.15) is 4.57 Å². The van der Waals surface area contributed by atoms with Crippen LogP contribution in [0.1, 0.15) is 6.92 Å². The molecule has 0 saturated heterocycles. The summed E-state index contributed by atoms with van der Waals surface area (Å²) in [7, 11) is -4.41. The van der Waals surface area contributed by atoms with Crippen LogP contribution in [0.5, 0.6) is 11.5 Å². The molecule has 0 aliphatic rings. The summed E-state index contributed by atoms with van der Waals surface area (Å²) in [5.74, 6) is -0.881. The van der Waals surface area contributed by atoms with Gasteiger partial charge >= 0.3 is 13.8 Å². The minimum Gasteiger partial charge on any atom is -0.386 e. The molecule has 0 aliphatic heterocycles. The van der Waals surface area contributed by atoms with Crippen LogP contribution in [0.4, 0.5) is 5.69 Å². The number of para-hydroxylation sites is 1. The molecule has 0 radical (unpaired) electrons. The van der Waals surface area contributed by atoms with Gasteiger partial charge in [0, 0.05) is 12.1 Å². The Hall–Kier alpha value is -2.90. The van der Waals surface area contributed by atoms with Crippen molar-refractivity contribution in [3.05, 3.63) is 64.7 Å². The van der Waals surface area contributed by atoms with E-state index in [1.807, 2.05) is 0 Å². The fourth-order valence-corrected chi connectivity index (χ4v) is 2.88. The average Bonchev–Trinajstić information content (AvgIpc) is 2.55. The SMILES string of the molecule is C[C@H](N)C(=O)OP(=O)(Oc1ccccc1)Oc1ccc([N+](=O)[O-])cc1. The topological polar surface area (TPSA) is 131 Å². The Morgan fingerprint density at radius 3 is 2.08 bits per heavy atom. The zero-order valence-corrected chi connectivity index (χ0v) is 14.0. The van der Waals surface area contributed by atoms with Crippen LogP contribution in [0.2, 0.25) is 0 Å². The molecule has 0 aliphatic carbocycles. The number of phosphoric ester groups is 1. The Labute approximate surface area is 143 Å². The third kappa shape index (κ3) is 5.30. The Balaban J connectivity index is 2.25. The van der Waals surface area contributed by atoms with E-state index in [2.05, 4.69) is 0 Å². The lowest BCUT2D eigenvalue weighted by atomic mass is 10.3. The second-order valence-corrected chi connectivity index (χ2v) is 6.33. The highest BCUT2D eigenvalue weighted by Crippen LogP contribution is 2.50. The smallest absolute Gasteiger partial charge is 0.386 e. The van der Waals surface area contributed by atoms with Gasteiger partial charge in [-0.05, 0) is 31.2 Å². The van der Waals surface area contributed by atoms with Crippen molar-refractivity contribution in [2.24, 2.45) is 5.73 Å². The summed E-state index contributed by atoms with van der Waals surface area (Å²) >= 11 is 0. The van der Waals surface area contributed by atoms with E-state index in [1.54, 1.807) is 18.2 Å². The quantitative estimate of drug-likeness (QED) is 0.449. The van der Waals surface area contributed by atoms with E-state index in [-0.39, 0.29) is 17.2 Å². The summed E-state index contributed by atoms with van der Waals surface area (Å²) in [5.41, 5.74) is 5.22. The van der Waals surface area contributed by atoms with Crippen molar-refractivity contribution in [2.45, 2.75) is 13.0 Å². The molecule has 0 bridgehead atoms. The van der Waals surface area contributed by atoms with Crippen molar-refractivity contribution in [1.82, 2.24) is 0 Å². The summed E-state index contributed by atoms with van der Waals surface area (Å²) in [6.45, 7) is 1.35. The van der Waals surface area contributed by atoms with E-state index in [0.29, 0.717) is 0 Å². The minimum absolute atomic E-state index is 0.0395. The Bertz CT molecular complexity index is 793. The van der Waals surface area contributed by atoms with Crippen LogP contribution in [-0.4, -0.2) is 16.9 Å². The molecule has 0 saturated carbocycles. The highest BCUT2D eigenvalue weighted by atomic mass is 31.2. The van der Waals surface area contributed by atoms with Crippen LogP contribution < -0.4 is 14.8 Å². The zero-order valence-electron chi connectivity index (χ0n) is 13.1. The first kappa shape index (κ1) is 18.4. The van der Waals surface area contributed by atoms with Crippen molar-refractivity contribution in [1.29, 1.82) is 0 Å². The molecule has 0 spiro atoms. The van der Waals surface area contributed by atoms with Crippen molar-refractivity contribution in [2.75, 3.05) is 0 Å². The molecule has 0 fully saturated rings. The summed E-state index contributed by atoms with van der Waals surface area (Å²) in [5, 5.41) is 10.7. The summed E-state index contributed by atoms with van der Waals surface area (Å²) in [6, 6.07) is 11.6. The van der Waals surface area contributed by atoms with Crippen LogP contribution in [0.3, 0.4) is 0 Å². The van der Waals surface area contributed by atoms with Crippen molar-refractivity contribution in [3.8, 4) is 11.5 Å². The van der Waals surface area contributed by atoms with E-state index < -0.39 is 24.8 Å². The number of nitro benzene ring substituents is 1. The van der Waals surface area contributed by atoms with Gasteiger partial charge in [0.1, 0.15) is 17.5 Å². The van der Waals surface area contributed by atoms with Gasteiger partial charge in [0.05, 0.1) is 4.92 Å². The predicted octanol–water partition coefficient (Wildman–Crippen LogP) is 3.05. The fraction of sp³-hybridized carbons (Fsp3) is 0.133. The number of nitrogens with zero attached hydrogens (tertiary/aromatic N) is 1. The number of rotatable bonds is 7. The zero-order chi connectivity index (χ0) is 18.4. The molecule has 2 aromatic carbocycles. The van der Waals surface area contributed by atoms with Gasteiger partial charge in [0.2, 0.25) is 0 Å². The number of non-ortho nitro benzene ring substituents is 1. The molecule has 0 amide bonds. The Kier molecular flexibility index (Phi) is 5.74. The van der Waals surface area contributed by atoms with E-state index in [1.165, 1.54) is 31.2 Å². The van der Waals surface area contributed by atoms with Crippen LogP contribution in [0, 0.1) is 10.1 Å². The molecule has 0 heterocycles. The van der Waals surface area contributed by atoms with Gasteiger partial charge in [0.25, 0.3) is 5.69 Å². The molecule has 1 unspecified atom stereocenters. The predicted molar refractivity (Wildman–Crippen MR) is 88.1 cm³/mol. The summed E-state index contributed by atoms with van der Waals surface area (Å²) in [4.78, 5) is 21.8. The highest BCUT2D eigenvalue weighted by Gasteiger charge is 2.36. The number of benzene rings is 2. The highest BCUT2D eigenvalue weighted by molar-refractivity contribution is 7.50. The second kappa shape index (κ2) is 7.78. The lowest BCUT2D eigenvalue weighted by molar-refractivity contribution is -0.384. The van der Waals surface area contributed by atoms with Gasteiger partial charge in [-0.15, -0.1) is 0 Å². The van der Waals surface area contributed by atoms with Crippen molar-refractivity contribution < 1.29 is 27.9 Å². The van der Waals surface area contributed by atoms with E-state index in [9.17, 15) is 19.5 Å². The summed E-state index contributed by atoms with van der Waals surface area (Å²) < 4.78 is 28.0. The third-order valence-electron chi connectivity index (χ3n) is 2.80. The maximum atomic E-state index is 12.8. The number of carbonyl (C=O) groups excluding carboxylic acids is 1. The van der Waals surface area contributed by atoms with E-state index in [4.69, 9.17) is 19.3 Å². The number of carbonyl (C=O) groups is 1. The Morgan fingerprint density at radius 1 is 1.08 bits per heavy atom. The van der Waals surface area contributed by atoms with Crippen molar-refractivity contribution in [3.63, 3.8) is 0 Å². The minimum atomic E-state index is -4.41. The number of hydrogen-bond acceptors (Lipinski definition) is 8. The first-order chi connectivity index (χ1) is 11.8. The standard InChI is InChI=1S/C15H15N2O7P/c1-11(16)15(18)24-25(21,22-13-5-3-2-4-6-13)23-14-9-7-12(8-10-14)17(19)20/h2-11H,16H2,1H3/t11-,25?/m0/s1. The van der Waals surface area contributed by atoms with Gasteiger partial charge in [-0.3, -0.25) is 10.1 Å². The van der Waals surface area contributed by atoms with E-state index in [0.717, 1.165) is 12.1 Å². The number of hydrogen-bond donors (Lipinski definition) is 1. The monoisotopic (exact) mass is 366 g/mol. The molecule has 2 aromatic rings. The lowest BCUT2D eigenvalue weighted by Gasteiger charge is -2.19. The molecular formula is C15H15N2O7P. The molecule has 2 rings (SSSR count). The third-order valence-corrected chi connectivity index (χ3v) is 4.07. The fourth-order valence-electron chi connectivity index (χ4n) is 1.62. The Morgan fingerprint density at radius 2 is 1.60 bits per heavy atom. The first-order valence-electron chi connectivity index (χ1n) is 7.07. The molecular weight excluding hydrogens is 351 g/mol. The number of phosphoric acid groups is 1. The molecule has 10 heteroatoms. The van der Waals surface area contributed by atoms with Crippen LogP contribution in [0.15, 0.2) is 54.6 Å². The maximum Gasteiger partial charge on any atom is 0.649 e. The summed E-state index contributed by atoms with van der Waals surface area (Å²) in [6.07, 6.45) is 0. The molecule has 25 heavy (non-hydrogen) atoms. The van der Waals surface area contributed by atoms with Gasteiger partial charge in [-0.25, -0.2) is 4.79 Å². The van der Waals surface area contributed by atoms with Crippen LogP contribution in [-0.2, 0) is 13.9 Å². The molecule has 0 aromatic heterocycles. The van der Waals surface area contributed by atoms with Crippen LogP contribution in [0.25, 0.3) is 0 Å². The van der Waals surface area contributed by atoms with Gasteiger partial charge < -0.3 is 19.3 Å². The number of nitrogens with two attached hydrogens (primary N) is 1. The maximum absolute atomic E-state index is 12.8. The largest absolute Gasteiger partial charge is 0.649 e. The van der Waals surface area contributed by atoms with E-state index >= 15 is 0 Å². The first-order valence-corrected chi connectivity index (χ1v) is 8.53. The molecule has 2 atom stereocenters. The lowest BCUT2D eigenvalue weighted by Crippen LogP contribution is -2.29.